The summed E-state index contributed by atoms with van der Waals surface area (Å²) in [5.41, 5.74) is 9.63. The molecule has 5 rings (SSSR count). The van der Waals surface area contributed by atoms with Crippen molar-refractivity contribution in [2.75, 3.05) is 68.4 Å². The molecule has 0 spiro atoms. The van der Waals surface area contributed by atoms with Gasteiger partial charge >= 0.3 is 0 Å². The van der Waals surface area contributed by atoms with E-state index in [0.717, 1.165) is 29.9 Å². The van der Waals surface area contributed by atoms with Gasteiger partial charge in [0.2, 0.25) is 5.91 Å². The number of pyridine rings is 1. The van der Waals surface area contributed by atoms with Crippen LogP contribution < -0.4 is 16.0 Å². The number of benzene rings is 1. The Kier molecular flexibility index (Phi) is 7.80. The second-order valence-electron chi connectivity index (χ2n) is 9.23. The number of nitrogens with zero attached hydrogens (tertiary/aromatic N) is 6. The Hall–Kier alpha value is -4.03. The standard InChI is InChI=1S/C26H29BN8O3/c27-35-9-7-34(8-10-35)23(36)15-18-1-3-19(4-2-18)20-17-30-25(28)24(31-20)26(37)32-21-16-29-6-5-22(21)33-11-13-38-14-12-33/h1-6,16-17H,7-15H2,(H2,28,30)(H,32,37). The Labute approximate surface area is 222 Å². The van der Waals surface area contributed by atoms with Crippen molar-refractivity contribution in [1.82, 2.24) is 24.7 Å². The van der Waals surface area contributed by atoms with Crippen molar-refractivity contribution in [3.63, 3.8) is 0 Å². The van der Waals surface area contributed by atoms with Crippen LogP contribution in [0.25, 0.3) is 11.3 Å². The molecule has 2 aliphatic heterocycles. The van der Waals surface area contributed by atoms with Crippen molar-refractivity contribution in [2.24, 2.45) is 0 Å². The predicted molar refractivity (Wildman–Crippen MR) is 145 cm³/mol. The highest BCUT2D eigenvalue weighted by atomic mass is 16.5. The number of aromatic nitrogens is 3. The summed E-state index contributed by atoms with van der Waals surface area (Å²) in [6.45, 7) is 5.28. The van der Waals surface area contributed by atoms with E-state index in [-0.39, 0.29) is 17.4 Å². The SMILES string of the molecule is [B]N1CCN(C(=O)Cc2ccc(-c3cnc(N)c(C(=O)Nc4cnccc4N4CCOCC4)n3)cc2)CC1. The molecular formula is C26H29BN8O3. The zero-order valence-corrected chi connectivity index (χ0v) is 21.0. The number of rotatable bonds is 6. The van der Waals surface area contributed by atoms with E-state index >= 15 is 0 Å². The first kappa shape index (κ1) is 25.6. The fourth-order valence-corrected chi connectivity index (χ4v) is 4.50. The summed E-state index contributed by atoms with van der Waals surface area (Å²) in [4.78, 5) is 44.4. The van der Waals surface area contributed by atoms with Crippen LogP contribution in [0.3, 0.4) is 0 Å². The summed E-state index contributed by atoms with van der Waals surface area (Å²) in [5, 5.41) is 2.89. The largest absolute Gasteiger partial charge is 0.382 e. The average molecular weight is 512 g/mol. The number of nitrogens with one attached hydrogen (secondary N) is 1. The van der Waals surface area contributed by atoms with E-state index in [2.05, 4.69) is 25.2 Å². The first-order valence-corrected chi connectivity index (χ1v) is 12.6. The van der Waals surface area contributed by atoms with Gasteiger partial charge < -0.3 is 30.4 Å². The summed E-state index contributed by atoms with van der Waals surface area (Å²) in [6, 6.07) is 9.35. The third-order valence-corrected chi connectivity index (χ3v) is 6.69. The summed E-state index contributed by atoms with van der Waals surface area (Å²) in [6.07, 6.45) is 5.13. The Morgan fingerprint density at radius 1 is 1.00 bits per heavy atom. The van der Waals surface area contributed by atoms with Gasteiger partial charge in [0, 0.05) is 51.0 Å². The van der Waals surface area contributed by atoms with Crippen LogP contribution in [-0.2, 0) is 16.0 Å². The topological polar surface area (TPSA) is 130 Å². The number of carbonyl (C=O) groups excluding carboxylic acids is 2. The smallest absolute Gasteiger partial charge is 0.278 e. The van der Waals surface area contributed by atoms with E-state index in [1.54, 1.807) is 17.2 Å². The average Bonchev–Trinajstić information content (AvgIpc) is 2.95. The molecule has 12 heteroatoms. The van der Waals surface area contributed by atoms with Gasteiger partial charge in [-0.05, 0) is 11.6 Å². The molecule has 4 heterocycles. The number of hydrogen-bond acceptors (Lipinski definition) is 9. The molecule has 0 unspecified atom stereocenters. The molecule has 11 nitrogen and oxygen atoms in total. The zero-order chi connectivity index (χ0) is 26.5. The molecule has 2 radical (unpaired) electrons. The maximum atomic E-state index is 13.2. The fraction of sp³-hybridized carbons (Fsp3) is 0.346. The lowest BCUT2D eigenvalue weighted by atomic mass is 10.1. The number of anilines is 3. The quantitative estimate of drug-likeness (QED) is 0.465. The number of hydrogen-bond donors (Lipinski definition) is 2. The highest BCUT2D eigenvalue weighted by Gasteiger charge is 2.21. The molecule has 2 fully saturated rings. The van der Waals surface area contributed by atoms with Gasteiger partial charge in [-0.1, -0.05) is 24.3 Å². The normalized spacial score (nSPS) is 16.3. The van der Waals surface area contributed by atoms with Crippen molar-refractivity contribution < 1.29 is 14.3 Å². The monoisotopic (exact) mass is 512 g/mol. The van der Waals surface area contributed by atoms with Crippen LogP contribution in [0.2, 0.25) is 0 Å². The molecule has 0 aliphatic carbocycles. The van der Waals surface area contributed by atoms with Crippen LogP contribution in [0.5, 0.6) is 0 Å². The molecule has 2 aromatic heterocycles. The van der Waals surface area contributed by atoms with Crippen molar-refractivity contribution in [2.45, 2.75) is 6.42 Å². The minimum atomic E-state index is -0.473. The molecule has 1 aromatic carbocycles. The third-order valence-electron chi connectivity index (χ3n) is 6.69. The summed E-state index contributed by atoms with van der Waals surface area (Å²) < 4.78 is 5.44. The molecule has 3 aromatic rings. The molecule has 3 N–H and O–H groups in total. The molecule has 2 amide bonds. The molecule has 194 valence electrons. The maximum Gasteiger partial charge on any atom is 0.278 e. The molecule has 0 saturated carbocycles. The summed E-state index contributed by atoms with van der Waals surface area (Å²) in [5.74, 6) is -0.369. The molecule has 0 atom stereocenters. The van der Waals surface area contributed by atoms with Crippen molar-refractivity contribution in [3.05, 3.63) is 60.2 Å². The van der Waals surface area contributed by atoms with Gasteiger partial charge in [0.15, 0.2) is 19.5 Å². The lowest BCUT2D eigenvalue weighted by Gasteiger charge is -2.33. The Morgan fingerprint density at radius 2 is 1.74 bits per heavy atom. The number of carbonyl (C=O) groups is 2. The van der Waals surface area contributed by atoms with E-state index < -0.39 is 5.91 Å². The van der Waals surface area contributed by atoms with Crippen LogP contribution in [0, 0.1) is 0 Å². The van der Waals surface area contributed by atoms with Crippen LogP contribution in [0.4, 0.5) is 17.2 Å². The number of nitrogens with two attached hydrogens (primary N) is 1. The minimum absolute atomic E-state index is 0.0255. The molecule has 0 bridgehead atoms. The van der Waals surface area contributed by atoms with Gasteiger partial charge in [-0.3, -0.25) is 14.6 Å². The van der Waals surface area contributed by atoms with Crippen LogP contribution in [0.15, 0.2) is 48.9 Å². The number of morpholine rings is 1. The van der Waals surface area contributed by atoms with Crippen molar-refractivity contribution >= 4 is 37.0 Å². The first-order valence-electron chi connectivity index (χ1n) is 12.6. The van der Waals surface area contributed by atoms with E-state index in [1.165, 1.54) is 6.20 Å². The second-order valence-corrected chi connectivity index (χ2v) is 9.23. The van der Waals surface area contributed by atoms with Crippen molar-refractivity contribution in [3.8, 4) is 11.3 Å². The summed E-state index contributed by atoms with van der Waals surface area (Å²) in [7, 11) is 5.78. The number of ether oxygens (including phenoxy) is 1. The number of nitrogen functional groups attached to an aromatic ring is 1. The van der Waals surface area contributed by atoms with Gasteiger partial charge in [0.1, 0.15) is 0 Å². The summed E-state index contributed by atoms with van der Waals surface area (Å²) >= 11 is 0. The Morgan fingerprint density at radius 3 is 2.47 bits per heavy atom. The van der Waals surface area contributed by atoms with Crippen LogP contribution >= 0.6 is 0 Å². The fourth-order valence-electron chi connectivity index (χ4n) is 4.50. The van der Waals surface area contributed by atoms with Crippen LogP contribution in [-0.4, -0.2) is 96.9 Å². The van der Waals surface area contributed by atoms with Crippen LogP contribution in [0.1, 0.15) is 16.1 Å². The van der Waals surface area contributed by atoms with E-state index in [9.17, 15) is 9.59 Å². The number of piperazine rings is 1. The molecule has 38 heavy (non-hydrogen) atoms. The highest BCUT2D eigenvalue weighted by Crippen LogP contribution is 2.27. The van der Waals surface area contributed by atoms with E-state index in [0.29, 0.717) is 57.2 Å². The molecule has 2 aliphatic rings. The zero-order valence-electron chi connectivity index (χ0n) is 21.0. The van der Waals surface area contributed by atoms with Gasteiger partial charge in [-0.15, -0.1) is 0 Å². The van der Waals surface area contributed by atoms with Gasteiger partial charge in [0.25, 0.3) is 5.91 Å². The van der Waals surface area contributed by atoms with E-state index in [4.69, 9.17) is 18.5 Å². The van der Waals surface area contributed by atoms with Crippen molar-refractivity contribution in [1.29, 1.82) is 0 Å². The second kappa shape index (κ2) is 11.6. The van der Waals surface area contributed by atoms with E-state index in [1.807, 2.05) is 35.2 Å². The Balaban J connectivity index is 1.28. The van der Waals surface area contributed by atoms with Gasteiger partial charge in [-0.25, -0.2) is 9.97 Å². The van der Waals surface area contributed by atoms with Gasteiger partial charge in [0.05, 0.1) is 49.1 Å². The highest BCUT2D eigenvalue weighted by molar-refractivity contribution is 6.07. The first-order chi connectivity index (χ1) is 18.5. The van der Waals surface area contributed by atoms with Gasteiger partial charge in [-0.2, -0.15) is 0 Å². The lowest BCUT2D eigenvalue weighted by Crippen LogP contribution is -2.48. The Bertz CT molecular complexity index is 1290. The maximum absolute atomic E-state index is 13.2. The molecular weight excluding hydrogens is 483 g/mol. The number of amides is 2. The predicted octanol–water partition coefficient (Wildman–Crippen LogP) is 0.980. The lowest BCUT2D eigenvalue weighted by molar-refractivity contribution is -0.131. The molecule has 2 saturated heterocycles. The third kappa shape index (κ3) is 5.92. The minimum Gasteiger partial charge on any atom is -0.382 e.